The van der Waals surface area contributed by atoms with Crippen molar-refractivity contribution in [3.63, 3.8) is 0 Å². The van der Waals surface area contributed by atoms with Crippen LogP contribution >= 0.6 is 0 Å². The van der Waals surface area contributed by atoms with Gasteiger partial charge in [0.05, 0.1) is 11.4 Å². The summed E-state index contributed by atoms with van der Waals surface area (Å²) in [6.45, 7) is 4.52. The van der Waals surface area contributed by atoms with Crippen molar-refractivity contribution in [3.05, 3.63) is 47.7 Å². The molecule has 2 aromatic rings. The molecule has 0 unspecified atom stereocenters. The Morgan fingerprint density at radius 2 is 1.44 bits per heavy atom. The van der Waals surface area contributed by atoms with Crippen LogP contribution < -0.4 is 0 Å². The highest BCUT2D eigenvalue weighted by Gasteiger charge is 2.20. The lowest BCUT2D eigenvalue weighted by Gasteiger charge is -2.28. The number of nitrogens with zero attached hydrogens (tertiary/aromatic N) is 2. The SMILES string of the molecule is CCCCC1CCC(CCc2ccc(-c3ccc(CCC)cc3)nn2)CC1. The molecule has 2 heteroatoms. The number of aromatic nitrogens is 2. The van der Waals surface area contributed by atoms with E-state index in [0.29, 0.717) is 0 Å². The van der Waals surface area contributed by atoms with Crippen LogP contribution in [0.5, 0.6) is 0 Å². The van der Waals surface area contributed by atoms with Crippen LogP contribution in [0.1, 0.15) is 82.9 Å². The van der Waals surface area contributed by atoms with Crippen molar-refractivity contribution in [2.45, 2.75) is 84.5 Å². The second-order valence-electron chi connectivity index (χ2n) is 8.42. The van der Waals surface area contributed by atoms with E-state index in [-0.39, 0.29) is 0 Å². The molecule has 0 bridgehead atoms. The van der Waals surface area contributed by atoms with E-state index in [2.05, 4.69) is 60.4 Å². The van der Waals surface area contributed by atoms with Gasteiger partial charge in [0.2, 0.25) is 0 Å². The van der Waals surface area contributed by atoms with E-state index >= 15 is 0 Å². The number of benzene rings is 1. The number of unbranched alkanes of at least 4 members (excludes halogenated alkanes) is 1. The zero-order valence-electron chi connectivity index (χ0n) is 17.3. The first kappa shape index (κ1) is 20.0. The molecule has 2 nitrogen and oxygen atoms in total. The molecule has 1 saturated carbocycles. The summed E-state index contributed by atoms with van der Waals surface area (Å²) in [7, 11) is 0. The molecule has 0 aliphatic heterocycles. The first-order valence-corrected chi connectivity index (χ1v) is 11.2. The van der Waals surface area contributed by atoms with Crippen molar-refractivity contribution in [3.8, 4) is 11.3 Å². The maximum absolute atomic E-state index is 4.50. The Balaban J connectivity index is 1.45. The molecule has 1 aromatic carbocycles. The van der Waals surface area contributed by atoms with Crippen molar-refractivity contribution in [2.24, 2.45) is 11.8 Å². The molecule has 0 amide bonds. The fourth-order valence-corrected chi connectivity index (χ4v) is 4.43. The van der Waals surface area contributed by atoms with Gasteiger partial charge in [-0.25, -0.2) is 0 Å². The third-order valence-corrected chi connectivity index (χ3v) is 6.25. The Morgan fingerprint density at radius 3 is 2.04 bits per heavy atom. The van der Waals surface area contributed by atoms with Gasteiger partial charge in [-0.2, -0.15) is 10.2 Å². The molecule has 0 radical (unpaired) electrons. The van der Waals surface area contributed by atoms with Gasteiger partial charge in [0, 0.05) is 5.56 Å². The minimum Gasteiger partial charge on any atom is -0.155 e. The Bertz CT molecular complexity index is 652. The molecule has 1 heterocycles. The fraction of sp³-hybridized carbons (Fsp3) is 0.600. The van der Waals surface area contributed by atoms with Gasteiger partial charge in [-0.05, 0) is 48.8 Å². The average molecular weight is 365 g/mol. The van der Waals surface area contributed by atoms with Crippen molar-refractivity contribution < 1.29 is 0 Å². The van der Waals surface area contributed by atoms with E-state index in [1.165, 1.54) is 68.9 Å². The highest BCUT2D eigenvalue weighted by atomic mass is 15.1. The smallest absolute Gasteiger partial charge is 0.0929 e. The van der Waals surface area contributed by atoms with E-state index in [0.717, 1.165) is 36.1 Å². The highest BCUT2D eigenvalue weighted by molar-refractivity contribution is 5.58. The van der Waals surface area contributed by atoms with Crippen molar-refractivity contribution >= 4 is 0 Å². The first-order valence-electron chi connectivity index (χ1n) is 11.2. The zero-order chi connectivity index (χ0) is 18.9. The molecule has 1 aliphatic carbocycles. The van der Waals surface area contributed by atoms with Gasteiger partial charge in [0.1, 0.15) is 0 Å². The highest BCUT2D eigenvalue weighted by Crippen LogP contribution is 2.34. The third kappa shape index (κ3) is 6.16. The lowest BCUT2D eigenvalue weighted by Crippen LogP contribution is -2.15. The lowest BCUT2D eigenvalue weighted by molar-refractivity contribution is 0.249. The maximum atomic E-state index is 4.50. The van der Waals surface area contributed by atoms with Crippen LogP contribution in [0.4, 0.5) is 0 Å². The average Bonchev–Trinajstić information content (AvgIpc) is 2.73. The van der Waals surface area contributed by atoms with Gasteiger partial charge in [0.25, 0.3) is 0 Å². The molecule has 1 aliphatic rings. The summed E-state index contributed by atoms with van der Waals surface area (Å²) >= 11 is 0. The van der Waals surface area contributed by atoms with Gasteiger partial charge in [-0.1, -0.05) is 89.5 Å². The molecule has 0 spiro atoms. The summed E-state index contributed by atoms with van der Waals surface area (Å²) in [4.78, 5) is 0. The van der Waals surface area contributed by atoms with Crippen LogP contribution in [0.3, 0.4) is 0 Å². The number of rotatable bonds is 9. The topological polar surface area (TPSA) is 25.8 Å². The summed E-state index contributed by atoms with van der Waals surface area (Å²) in [5.74, 6) is 1.90. The van der Waals surface area contributed by atoms with E-state index in [1.54, 1.807) is 0 Å². The minimum absolute atomic E-state index is 0.899. The summed E-state index contributed by atoms with van der Waals surface area (Å²) in [6, 6.07) is 13.1. The summed E-state index contributed by atoms with van der Waals surface area (Å²) in [6.07, 6.45) is 14.6. The number of hydrogen-bond donors (Lipinski definition) is 0. The van der Waals surface area contributed by atoms with Gasteiger partial charge in [-0.3, -0.25) is 0 Å². The van der Waals surface area contributed by atoms with Gasteiger partial charge < -0.3 is 0 Å². The predicted octanol–water partition coefficient (Wildman–Crippen LogP) is 7.03. The van der Waals surface area contributed by atoms with Crippen LogP contribution in [-0.2, 0) is 12.8 Å². The van der Waals surface area contributed by atoms with Crippen molar-refractivity contribution in [1.82, 2.24) is 10.2 Å². The molecule has 0 saturated heterocycles. The quantitative estimate of drug-likeness (QED) is 0.477. The van der Waals surface area contributed by atoms with E-state index in [4.69, 9.17) is 0 Å². The standard InChI is InChI=1S/C25H36N2/c1-3-5-7-21-8-10-22(11-9-21)14-17-24-18-19-25(27-26-24)23-15-12-20(6-4-2)13-16-23/h12-13,15-16,18-19,21-22H,3-11,14,17H2,1-2H3. The predicted molar refractivity (Wildman–Crippen MR) is 115 cm³/mol. The van der Waals surface area contributed by atoms with Crippen molar-refractivity contribution in [2.75, 3.05) is 0 Å². The number of hydrogen-bond acceptors (Lipinski definition) is 2. The normalized spacial score (nSPS) is 19.9. The molecule has 27 heavy (non-hydrogen) atoms. The van der Waals surface area contributed by atoms with E-state index in [1.807, 2.05) is 0 Å². The van der Waals surface area contributed by atoms with E-state index < -0.39 is 0 Å². The molecular weight excluding hydrogens is 328 g/mol. The molecule has 0 N–H and O–H groups in total. The van der Waals surface area contributed by atoms with Gasteiger partial charge in [0.15, 0.2) is 0 Å². The minimum atomic E-state index is 0.899. The van der Waals surface area contributed by atoms with Gasteiger partial charge >= 0.3 is 0 Å². The van der Waals surface area contributed by atoms with Crippen LogP contribution in [-0.4, -0.2) is 10.2 Å². The lowest BCUT2D eigenvalue weighted by atomic mass is 9.78. The van der Waals surface area contributed by atoms with E-state index in [9.17, 15) is 0 Å². The maximum Gasteiger partial charge on any atom is 0.0929 e. The summed E-state index contributed by atoms with van der Waals surface area (Å²) < 4.78 is 0. The summed E-state index contributed by atoms with van der Waals surface area (Å²) in [5.41, 5.74) is 4.70. The van der Waals surface area contributed by atoms with Crippen LogP contribution in [0.15, 0.2) is 36.4 Å². The zero-order valence-corrected chi connectivity index (χ0v) is 17.3. The van der Waals surface area contributed by atoms with Crippen LogP contribution in [0, 0.1) is 11.8 Å². The molecular formula is C25H36N2. The van der Waals surface area contributed by atoms with Crippen molar-refractivity contribution in [1.29, 1.82) is 0 Å². The Hall–Kier alpha value is -1.70. The second-order valence-corrected chi connectivity index (χ2v) is 8.42. The second kappa shape index (κ2) is 10.6. The Kier molecular flexibility index (Phi) is 7.86. The largest absolute Gasteiger partial charge is 0.155 e. The Labute approximate surface area is 165 Å². The molecule has 0 atom stereocenters. The van der Waals surface area contributed by atoms with Crippen LogP contribution in [0.2, 0.25) is 0 Å². The Morgan fingerprint density at radius 1 is 0.741 bits per heavy atom. The molecule has 3 rings (SSSR count). The third-order valence-electron chi connectivity index (χ3n) is 6.25. The molecule has 146 valence electrons. The first-order chi connectivity index (χ1) is 13.3. The molecule has 1 aromatic heterocycles. The number of aryl methyl sites for hydroxylation is 2. The monoisotopic (exact) mass is 364 g/mol. The summed E-state index contributed by atoms with van der Waals surface area (Å²) in [5, 5.41) is 8.99. The fourth-order valence-electron chi connectivity index (χ4n) is 4.43. The van der Waals surface area contributed by atoms with Crippen LogP contribution in [0.25, 0.3) is 11.3 Å². The van der Waals surface area contributed by atoms with Gasteiger partial charge in [-0.15, -0.1) is 0 Å². The molecule has 1 fully saturated rings.